The molecule has 0 amide bonds. The Morgan fingerprint density at radius 3 is 2.32 bits per heavy atom. The molecule has 0 heterocycles. The van der Waals surface area contributed by atoms with Gasteiger partial charge in [0, 0.05) is 6.42 Å². The van der Waals surface area contributed by atoms with Crippen LogP contribution in [0.1, 0.15) is 18.1 Å². The minimum absolute atomic E-state index is 0.139. The minimum atomic E-state index is -4.36. The maximum absolute atomic E-state index is 12.4. The molecular weight excluding hydrogens is 257 g/mol. The van der Waals surface area contributed by atoms with E-state index in [9.17, 15) is 18.0 Å². The van der Waals surface area contributed by atoms with Crippen LogP contribution in [0, 0.1) is 0 Å². The largest absolute Gasteiger partial charge is 0.462 e. The summed E-state index contributed by atoms with van der Waals surface area (Å²) in [6.07, 6.45) is -4.22. The number of benzene rings is 1. The molecule has 0 bridgehead atoms. The molecule has 1 aromatic rings. The predicted octanol–water partition coefficient (Wildman–Crippen LogP) is 3.52. The number of ether oxygens (including phenoxy) is 1. The van der Waals surface area contributed by atoms with E-state index in [2.05, 4.69) is 12.3 Å². The first-order chi connectivity index (χ1) is 8.88. The minimum Gasteiger partial charge on any atom is -0.462 e. The van der Waals surface area contributed by atoms with Crippen LogP contribution >= 0.6 is 0 Å². The molecule has 0 unspecified atom stereocenters. The fraction of sp³-hybridized carbons (Fsp3) is 0.286. The molecular formula is C14H13F3O2. The molecule has 0 atom stereocenters. The predicted molar refractivity (Wildman–Crippen MR) is 64.4 cm³/mol. The van der Waals surface area contributed by atoms with E-state index in [1.54, 1.807) is 6.92 Å². The molecule has 0 saturated heterocycles. The second-order valence-electron chi connectivity index (χ2n) is 3.75. The van der Waals surface area contributed by atoms with Gasteiger partial charge in [0.05, 0.1) is 17.7 Å². The Bertz CT molecular complexity index is 494. The van der Waals surface area contributed by atoms with Crippen molar-refractivity contribution in [3.8, 4) is 0 Å². The highest BCUT2D eigenvalue weighted by molar-refractivity contribution is 5.88. The lowest BCUT2D eigenvalue weighted by atomic mass is 10.0. The third-order valence-electron chi connectivity index (χ3n) is 2.40. The van der Waals surface area contributed by atoms with Gasteiger partial charge < -0.3 is 4.74 Å². The molecule has 0 radical (unpaired) electrons. The Kier molecular flexibility index (Phi) is 4.95. The summed E-state index contributed by atoms with van der Waals surface area (Å²) in [7, 11) is 0. The van der Waals surface area contributed by atoms with Crippen LogP contribution in [0.4, 0.5) is 13.2 Å². The highest BCUT2D eigenvalue weighted by atomic mass is 19.4. The van der Waals surface area contributed by atoms with Crippen LogP contribution in [0.15, 0.2) is 42.1 Å². The topological polar surface area (TPSA) is 26.3 Å². The number of hydrogen-bond acceptors (Lipinski definition) is 2. The molecule has 5 heteroatoms. The molecule has 19 heavy (non-hydrogen) atoms. The smallest absolute Gasteiger partial charge is 0.416 e. The monoisotopic (exact) mass is 270 g/mol. The summed E-state index contributed by atoms with van der Waals surface area (Å²) in [5.41, 5.74) is 2.48. The normalized spacial score (nSPS) is 10.7. The second kappa shape index (κ2) is 6.25. The van der Waals surface area contributed by atoms with Gasteiger partial charge >= 0.3 is 12.1 Å². The standard InChI is InChI=1S/C14H13F3O2/c1-3-11(13(18)19-4-2)9-10-5-7-12(8-6-10)14(15,16)17/h5-8H,1,4,9H2,2H3. The zero-order valence-electron chi connectivity index (χ0n) is 10.4. The van der Waals surface area contributed by atoms with Crippen molar-refractivity contribution in [1.82, 2.24) is 0 Å². The zero-order valence-corrected chi connectivity index (χ0v) is 10.4. The number of carbonyl (C=O) groups is 1. The Morgan fingerprint density at radius 2 is 1.89 bits per heavy atom. The van der Waals surface area contributed by atoms with E-state index in [1.165, 1.54) is 12.1 Å². The Labute approximate surface area is 109 Å². The molecule has 0 aliphatic heterocycles. The third kappa shape index (κ3) is 4.30. The zero-order chi connectivity index (χ0) is 14.5. The molecule has 0 spiro atoms. The van der Waals surface area contributed by atoms with Crippen molar-refractivity contribution >= 4 is 5.97 Å². The molecule has 1 rings (SSSR count). The van der Waals surface area contributed by atoms with E-state index in [4.69, 9.17) is 4.74 Å². The maximum atomic E-state index is 12.4. The van der Waals surface area contributed by atoms with Gasteiger partial charge in [-0.2, -0.15) is 13.2 Å². The summed E-state index contributed by atoms with van der Waals surface area (Å²) in [5.74, 6) is -0.558. The lowest BCUT2D eigenvalue weighted by molar-refractivity contribution is -0.139. The lowest BCUT2D eigenvalue weighted by Gasteiger charge is -2.08. The average Bonchev–Trinajstić information content (AvgIpc) is 2.35. The van der Waals surface area contributed by atoms with E-state index in [0.29, 0.717) is 5.56 Å². The van der Waals surface area contributed by atoms with Crippen LogP contribution < -0.4 is 0 Å². The number of hydrogen-bond donors (Lipinski definition) is 0. The van der Waals surface area contributed by atoms with E-state index < -0.39 is 17.7 Å². The van der Waals surface area contributed by atoms with Crippen molar-refractivity contribution in [3.63, 3.8) is 0 Å². The quantitative estimate of drug-likeness (QED) is 0.475. The summed E-state index contributed by atoms with van der Waals surface area (Å²) >= 11 is 0. The molecule has 0 aliphatic carbocycles. The number of esters is 1. The highest BCUT2D eigenvalue weighted by Gasteiger charge is 2.29. The summed E-state index contributed by atoms with van der Waals surface area (Å²) in [5, 5.41) is 0. The fourth-order valence-electron chi connectivity index (χ4n) is 1.44. The number of carbonyl (C=O) groups excluding carboxylic acids is 1. The second-order valence-corrected chi connectivity index (χ2v) is 3.75. The number of rotatable bonds is 4. The van der Waals surface area contributed by atoms with Gasteiger partial charge in [0.1, 0.15) is 0 Å². The van der Waals surface area contributed by atoms with Crippen LogP contribution in [0.25, 0.3) is 0 Å². The Hall–Kier alpha value is -2.00. The van der Waals surface area contributed by atoms with E-state index >= 15 is 0 Å². The van der Waals surface area contributed by atoms with Gasteiger partial charge in [-0.25, -0.2) is 4.79 Å². The molecule has 2 nitrogen and oxygen atoms in total. The van der Waals surface area contributed by atoms with Gasteiger partial charge in [-0.1, -0.05) is 18.7 Å². The van der Waals surface area contributed by atoms with Gasteiger partial charge in [0.2, 0.25) is 0 Å². The van der Waals surface area contributed by atoms with Crippen molar-refractivity contribution in [1.29, 1.82) is 0 Å². The van der Waals surface area contributed by atoms with E-state index in [0.717, 1.165) is 12.1 Å². The summed E-state index contributed by atoms with van der Waals surface area (Å²) in [6, 6.07) is 4.58. The van der Waals surface area contributed by atoms with Crippen molar-refractivity contribution in [3.05, 3.63) is 53.3 Å². The van der Waals surface area contributed by atoms with Crippen LogP contribution in [-0.4, -0.2) is 12.6 Å². The molecule has 0 fully saturated rings. The van der Waals surface area contributed by atoms with Crippen molar-refractivity contribution in [2.45, 2.75) is 19.5 Å². The third-order valence-corrected chi connectivity index (χ3v) is 2.40. The van der Waals surface area contributed by atoms with Crippen molar-refractivity contribution < 1.29 is 22.7 Å². The molecule has 1 aromatic carbocycles. The number of alkyl halides is 3. The first-order valence-corrected chi connectivity index (χ1v) is 5.60. The first-order valence-electron chi connectivity index (χ1n) is 5.60. The van der Waals surface area contributed by atoms with Gasteiger partial charge in [-0.05, 0) is 24.6 Å². The molecule has 0 aliphatic rings. The van der Waals surface area contributed by atoms with Crippen LogP contribution in [-0.2, 0) is 22.1 Å². The Balaban J connectivity index is 2.83. The molecule has 102 valence electrons. The maximum Gasteiger partial charge on any atom is 0.416 e. The van der Waals surface area contributed by atoms with E-state index in [-0.39, 0.29) is 18.6 Å². The van der Waals surface area contributed by atoms with Gasteiger partial charge in [-0.3, -0.25) is 0 Å². The van der Waals surface area contributed by atoms with Crippen molar-refractivity contribution in [2.75, 3.05) is 6.61 Å². The van der Waals surface area contributed by atoms with Gasteiger partial charge in [0.25, 0.3) is 0 Å². The molecule has 0 N–H and O–H groups in total. The summed E-state index contributed by atoms with van der Waals surface area (Å²) in [4.78, 5) is 11.5. The van der Waals surface area contributed by atoms with Crippen LogP contribution in [0.5, 0.6) is 0 Å². The Morgan fingerprint density at radius 1 is 1.32 bits per heavy atom. The summed E-state index contributed by atoms with van der Waals surface area (Å²) in [6.45, 7) is 5.26. The van der Waals surface area contributed by atoms with Crippen LogP contribution in [0.2, 0.25) is 0 Å². The molecule has 0 saturated carbocycles. The van der Waals surface area contributed by atoms with E-state index in [1.807, 2.05) is 0 Å². The average molecular weight is 270 g/mol. The van der Waals surface area contributed by atoms with Crippen LogP contribution in [0.3, 0.4) is 0 Å². The fourth-order valence-corrected chi connectivity index (χ4v) is 1.44. The van der Waals surface area contributed by atoms with Gasteiger partial charge in [-0.15, -0.1) is 5.73 Å². The number of halogens is 3. The SMILES string of the molecule is C=C=C(Cc1ccc(C(F)(F)F)cc1)C(=O)OCC. The van der Waals surface area contributed by atoms with Crippen molar-refractivity contribution in [2.24, 2.45) is 0 Å². The first kappa shape index (κ1) is 15.1. The van der Waals surface area contributed by atoms with Gasteiger partial charge in [0.15, 0.2) is 0 Å². The summed E-state index contributed by atoms with van der Waals surface area (Å²) < 4.78 is 41.9. The molecule has 0 aromatic heterocycles. The highest BCUT2D eigenvalue weighted by Crippen LogP contribution is 2.29. The lowest BCUT2D eigenvalue weighted by Crippen LogP contribution is -2.09.